The average Bonchev–Trinajstić information content (AvgIpc) is 2.89. The summed E-state index contributed by atoms with van der Waals surface area (Å²) in [5.74, 6) is -0.960. The van der Waals surface area contributed by atoms with E-state index in [1.165, 1.54) is 0 Å². The van der Waals surface area contributed by atoms with Gasteiger partial charge in [-0.05, 0) is 36.9 Å². The van der Waals surface area contributed by atoms with E-state index in [1.807, 2.05) is 42.2 Å². The average molecular weight is 274 g/mol. The number of nitrogens with zero attached hydrogens (tertiary/aromatic N) is 4. The van der Waals surface area contributed by atoms with Gasteiger partial charge in [-0.2, -0.15) is 0 Å². The Morgan fingerprint density at radius 3 is 2.85 bits per heavy atom. The fraction of sp³-hybridized carbons (Fsp3) is 0.500. The minimum Gasteiger partial charge on any atom is -0.480 e. The van der Waals surface area contributed by atoms with Crippen molar-refractivity contribution < 1.29 is 9.90 Å². The largest absolute Gasteiger partial charge is 0.480 e. The third-order valence-corrected chi connectivity index (χ3v) is 3.97. The van der Waals surface area contributed by atoms with Gasteiger partial charge in [-0.3, -0.25) is 9.69 Å². The smallest absolute Gasteiger partial charge is 0.321 e. The maximum absolute atomic E-state index is 11.5. The SMILES string of the molecule is C[C@H](c1ccccc1)N1CC[C@H](CN=[N+]=[N-])[C@@H]1C(=O)O. The minimum atomic E-state index is -0.844. The van der Waals surface area contributed by atoms with Crippen molar-refractivity contribution >= 4 is 5.97 Å². The van der Waals surface area contributed by atoms with Gasteiger partial charge in [0.1, 0.15) is 6.04 Å². The van der Waals surface area contributed by atoms with Crippen molar-refractivity contribution in [2.75, 3.05) is 13.1 Å². The van der Waals surface area contributed by atoms with E-state index in [0.717, 1.165) is 12.0 Å². The van der Waals surface area contributed by atoms with E-state index in [9.17, 15) is 9.90 Å². The molecule has 1 aromatic rings. The standard InChI is InChI=1S/C14H18N4O2/c1-10(11-5-3-2-4-6-11)18-8-7-12(9-16-17-15)13(18)14(19)20/h2-6,10,12-13H,7-9H2,1H3,(H,19,20)/t10-,12-,13-/m1/s1. The summed E-state index contributed by atoms with van der Waals surface area (Å²) in [6.45, 7) is 2.96. The van der Waals surface area contributed by atoms with Gasteiger partial charge in [0, 0.05) is 17.5 Å². The maximum atomic E-state index is 11.5. The van der Waals surface area contributed by atoms with Gasteiger partial charge in [0.05, 0.1) is 0 Å². The zero-order chi connectivity index (χ0) is 14.5. The van der Waals surface area contributed by atoms with Crippen molar-refractivity contribution in [2.45, 2.75) is 25.4 Å². The fourth-order valence-electron chi connectivity index (χ4n) is 2.92. The highest BCUT2D eigenvalue weighted by Gasteiger charge is 2.41. The third-order valence-electron chi connectivity index (χ3n) is 3.97. The Balaban J connectivity index is 2.18. The van der Waals surface area contributed by atoms with Crippen molar-refractivity contribution in [1.82, 2.24) is 4.90 Å². The molecule has 0 spiro atoms. The Kier molecular flexibility index (Phi) is 4.61. The second kappa shape index (κ2) is 6.41. The molecular weight excluding hydrogens is 256 g/mol. The monoisotopic (exact) mass is 274 g/mol. The number of hydrogen-bond donors (Lipinski definition) is 1. The van der Waals surface area contributed by atoms with Crippen LogP contribution in [0.15, 0.2) is 35.4 Å². The van der Waals surface area contributed by atoms with Crippen LogP contribution in [0.2, 0.25) is 0 Å². The Hall–Kier alpha value is -2.04. The lowest BCUT2D eigenvalue weighted by atomic mass is 9.99. The Labute approximate surface area is 117 Å². The second-order valence-corrected chi connectivity index (χ2v) is 5.07. The zero-order valence-corrected chi connectivity index (χ0v) is 11.4. The molecule has 1 N–H and O–H groups in total. The molecule has 0 unspecified atom stereocenters. The van der Waals surface area contributed by atoms with Crippen LogP contribution >= 0.6 is 0 Å². The van der Waals surface area contributed by atoms with Gasteiger partial charge in [-0.15, -0.1) is 0 Å². The molecule has 20 heavy (non-hydrogen) atoms. The molecule has 1 aromatic carbocycles. The van der Waals surface area contributed by atoms with E-state index in [1.54, 1.807) is 0 Å². The van der Waals surface area contributed by atoms with Crippen LogP contribution in [0.25, 0.3) is 10.4 Å². The lowest BCUT2D eigenvalue weighted by Crippen LogP contribution is -2.41. The predicted octanol–water partition coefficient (Wildman–Crippen LogP) is 2.83. The molecule has 1 fully saturated rings. The van der Waals surface area contributed by atoms with Crippen molar-refractivity contribution in [1.29, 1.82) is 0 Å². The molecule has 6 heteroatoms. The van der Waals surface area contributed by atoms with Crippen molar-refractivity contribution in [2.24, 2.45) is 11.0 Å². The molecular formula is C14H18N4O2. The topological polar surface area (TPSA) is 89.3 Å². The summed E-state index contributed by atoms with van der Waals surface area (Å²) in [7, 11) is 0. The van der Waals surface area contributed by atoms with Crippen molar-refractivity contribution in [3.05, 3.63) is 46.3 Å². The number of carboxylic acid groups (broad SMARTS) is 1. The maximum Gasteiger partial charge on any atom is 0.321 e. The Morgan fingerprint density at radius 2 is 2.25 bits per heavy atom. The summed E-state index contributed by atoms with van der Waals surface area (Å²) in [4.78, 5) is 16.3. The molecule has 2 rings (SSSR count). The van der Waals surface area contributed by atoms with Crippen LogP contribution in [-0.2, 0) is 4.79 Å². The van der Waals surface area contributed by atoms with Crippen LogP contribution in [0, 0.1) is 5.92 Å². The quantitative estimate of drug-likeness (QED) is 0.508. The molecule has 0 saturated carbocycles. The van der Waals surface area contributed by atoms with Crippen molar-refractivity contribution in [3.63, 3.8) is 0 Å². The summed E-state index contributed by atoms with van der Waals surface area (Å²) >= 11 is 0. The molecule has 1 heterocycles. The number of benzene rings is 1. The fourth-order valence-corrected chi connectivity index (χ4v) is 2.92. The van der Waals surface area contributed by atoms with Crippen LogP contribution in [0.1, 0.15) is 24.9 Å². The van der Waals surface area contributed by atoms with Gasteiger partial charge >= 0.3 is 5.97 Å². The van der Waals surface area contributed by atoms with Crippen LogP contribution in [0.5, 0.6) is 0 Å². The first kappa shape index (κ1) is 14.4. The first-order chi connectivity index (χ1) is 9.65. The number of azide groups is 1. The number of carbonyl (C=O) groups is 1. The summed E-state index contributed by atoms with van der Waals surface area (Å²) in [6, 6.07) is 9.31. The Bertz CT molecular complexity index is 513. The third kappa shape index (κ3) is 2.92. The molecule has 1 aliphatic rings. The minimum absolute atomic E-state index is 0.0355. The highest BCUT2D eigenvalue weighted by Crippen LogP contribution is 2.33. The van der Waals surface area contributed by atoms with E-state index >= 15 is 0 Å². The molecule has 6 nitrogen and oxygen atoms in total. The van der Waals surface area contributed by atoms with E-state index in [4.69, 9.17) is 5.53 Å². The number of likely N-dealkylation sites (tertiary alicyclic amines) is 1. The number of carboxylic acids is 1. The molecule has 0 amide bonds. The Morgan fingerprint density at radius 1 is 1.55 bits per heavy atom. The first-order valence-corrected chi connectivity index (χ1v) is 6.69. The summed E-state index contributed by atoms with van der Waals surface area (Å²) < 4.78 is 0. The highest BCUT2D eigenvalue weighted by molar-refractivity contribution is 5.74. The molecule has 0 bridgehead atoms. The van der Waals surface area contributed by atoms with Crippen LogP contribution in [-0.4, -0.2) is 35.1 Å². The van der Waals surface area contributed by atoms with E-state index in [-0.39, 0.29) is 18.5 Å². The van der Waals surface area contributed by atoms with Gasteiger partial charge in [-0.1, -0.05) is 35.4 Å². The van der Waals surface area contributed by atoms with E-state index in [2.05, 4.69) is 10.0 Å². The van der Waals surface area contributed by atoms with Gasteiger partial charge in [-0.25, -0.2) is 0 Å². The lowest BCUT2D eigenvalue weighted by Gasteiger charge is -2.30. The van der Waals surface area contributed by atoms with E-state index in [0.29, 0.717) is 6.54 Å². The molecule has 1 saturated heterocycles. The van der Waals surface area contributed by atoms with Crippen LogP contribution in [0.4, 0.5) is 0 Å². The van der Waals surface area contributed by atoms with Crippen molar-refractivity contribution in [3.8, 4) is 0 Å². The number of rotatable bonds is 5. The second-order valence-electron chi connectivity index (χ2n) is 5.07. The van der Waals surface area contributed by atoms with Crippen LogP contribution < -0.4 is 0 Å². The summed E-state index contributed by atoms with van der Waals surface area (Å²) in [6.07, 6.45) is 0.743. The van der Waals surface area contributed by atoms with E-state index < -0.39 is 12.0 Å². The molecule has 0 aliphatic carbocycles. The first-order valence-electron chi connectivity index (χ1n) is 6.69. The molecule has 0 radical (unpaired) electrons. The number of aliphatic carboxylic acids is 1. The highest BCUT2D eigenvalue weighted by atomic mass is 16.4. The van der Waals surface area contributed by atoms with Gasteiger partial charge in [0.25, 0.3) is 0 Å². The van der Waals surface area contributed by atoms with Gasteiger partial charge in [0.15, 0.2) is 0 Å². The van der Waals surface area contributed by atoms with Gasteiger partial charge < -0.3 is 5.11 Å². The molecule has 106 valence electrons. The molecule has 3 atom stereocenters. The lowest BCUT2D eigenvalue weighted by molar-refractivity contribution is -0.144. The molecule has 0 aromatic heterocycles. The van der Waals surface area contributed by atoms with Crippen LogP contribution in [0.3, 0.4) is 0 Å². The summed E-state index contributed by atoms with van der Waals surface area (Å²) in [5.41, 5.74) is 9.50. The normalized spacial score (nSPS) is 24.1. The number of hydrogen-bond acceptors (Lipinski definition) is 3. The molecule has 1 aliphatic heterocycles. The van der Waals surface area contributed by atoms with Gasteiger partial charge in [0.2, 0.25) is 0 Å². The summed E-state index contributed by atoms with van der Waals surface area (Å²) in [5, 5.41) is 13.0. The predicted molar refractivity (Wildman–Crippen MR) is 75.1 cm³/mol. The zero-order valence-electron chi connectivity index (χ0n) is 11.4.